The number of methoxy groups -OCH3 is 1. The zero-order chi connectivity index (χ0) is 17.6. The fourth-order valence-corrected chi connectivity index (χ4v) is 4.02. The van der Waals surface area contributed by atoms with E-state index in [9.17, 15) is 9.59 Å². The summed E-state index contributed by atoms with van der Waals surface area (Å²) in [7, 11) is 1.60. The standard InChI is InChI=1S/C20H16ClNO3/c1-25-15-4-2-3-12(9-15)17-11-14(23)7-8-20(17)16-6-5-13(21)10-18(16)22-19(20)24/h2-10,17H,11H2,1H3,(H,22,24)/t17-,20-/m0/s1. The fourth-order valence-electron chi connectivity index (χ4n) is 3.85. The number of rotatable bonds is 2. The largest absolute Gasteiger partial charge is 0.497 e. The highest BCUT2D eigenvalue weighted by molar-refractivity contribution is 6.31. The Hall–Kier alpha value is -2.59. The molecular formula is C20H16ClNO3. The summed E-state index contributed by atoms with van der Waals surface area (Å²) < 4.78 is 5.31. The molecule has 2 aromatic carbocycles. The van der Waals surface area contributed by atoms with Crippen LogP contribution in [0, 0.1) is 0 Å². The summed E-state index contributed by atoms with van der Waals surface area (Å²) in [6, 6.07) is 12.9. The minimum Gasteiger partial charge on any atom is -0.497 e. The van der Waals surface area contributed by atoms with Crippen LogP contribution in [-0.2, 0) is 15.0 Å². The number of benzene rings is 2. The van der Waals surface area contributed by atoms with E-state index in [0.717, 1.165) is 11.1 Å². The van der Waals surface area contributed by atoms with Gasteiger partial charge in [0.15, 0.2) is 5.78 Å². The molecule has 1 heterocycles. The number of carbonyl (C=O) groups excluding carboxylic acids is 2. The second kappa shape index (κ2) is 5.74. The first-order chi connectivity index (χ1) is 12.0. The molecule has 0 unspecified atom stereocenters. The summed E-state index contributed by atoms with van der Waals surface area (Å²) in [5.41, 5.74) is 1.53. The van der Waals surface area contributed by atoms with Gasteiger partial charge in [-0.25, -0.2) is 0 Å². The highest BCUT2D eigenvalue weighted by Gasteiger charge is 2.53. The van der Waals surface area contributed by atoms with Crippen molar-refractivity contribution in [1.29, 1.82) is 0 Å². The van der Waals surface area contributed by atoms with Gasteiger partial charge in [0.2, 0.25) is 5.91 Å². The Bertz CT molecular complexity index is 921. The van der Waals surface area contributed by atoms with Crippen LogP contribution < -0.4 is 10.1 Å². The van der Waals surface area contributed by atoms with Gasteiger partial charge in [-0.2, -0.15) is 0 Å². The number of nitrogens with one attached hydrogen (secondary N) is 1. The van der Waals surface area contributed by atoms with Crippen molar-refractivity contribution in [2.75, 3.05) is 12.4 Å². The monoisotopic (exact) mass is 353 g/mol. The van der Waals surface area contributed by atoms with Gasteiger partial charge in [-0.15, -0.1) is 0 Å². The van der Waals surface area contributed by atoms with Crippen molar-refractivity contribution >= 4 is 29.0 Å². The molecule has 4 nitrogen and oxygen atoms in total. The summed E-state index contributed by atoms with van der Waals surface area (Å²) in [4.78, 5) is 25.2. The molecule has 0 radical (unpaired) electrons. The van der Waals surface area contributed by atoms with Crippen molar-refractivity contribution in [3.8, 4) is 5.75 Å². The van der Waals surface area contributed by atoms with E-state index in [1.807, 2.05) is 30.3 Å². The number of ketones is 1. The topological polar surface area (TPSA) is 55.4 Å². The maximum atomic E-state index is 13.0. The van der Waals surface area contributed by atoms with Crippen molar-refractivity contribution < 1.29 is 14.3 Å². The van der Waals surface area contributed by atoms with Gasteiger partial charge >= 0.3 is 0 Å². The van der Waals surface area contributed by atoms with Gasteiger partial charge in [-0.05, 0) is 41.5 Å². The average molecular weight is 354 g/mol. The van der Waals surface area contributed by atoms with E-state index in [0.29, 0.717) is 16.5 Å². The van der Waals surface area contributed by atoms with E-state index < -0.39 is 5.41 Å². The highest BCUT2D eigenvalue weighted by Crippen LogP contribution is 2.52. The van der Waals surface area contributed by atoms with Gasteiger partial charge in [-0.1, -0.05) is 35.9 Å². The van der Waals surface area contributed by atoms with Crippen molar-refractivity contribution in [2.45, 2.75) is 17.8 Å². The number of halogens is 1. The van der Waals surface area contributed by atoms with Gasteiger partial charge < -0.3 is 10.1 Å². The predicted octanol–water partition coefficient (Wildman–Crippen LogP) is 3.85. The molecule has 25 heavy (non-hydrogen) atoms. The van der Waals surface area contributed by atoms with Gasteiger partial charge in [-0.3, -0.25) is 9.59 Å². The average Bonchev–Trinajstić information content (AvgIpc) is 2.88. The molecule has 0 saturated heterocycles. The van der Waals surface area contributed by atoms with Crippen LogP contribution in [0.5, 0.6) is 5.75 Å². The molecule has 0 bridgehead atoms. The predicted molar refractivity (Wildman–Crippen MR) is 96.3 cm³/mol. The molecule has 2 aliphatic rings. The van der Waals surface area contributed by atoms with Crippen LogP contribution in [-0.4, -0.2) is 18.8 Å². The Morgan fingerprint density at radius 1 is 1.20 bits per heavy atom. The number of amides is 1. The summed E-state index contributed by atoms with van der Waals surface area (Å²) >= 11 is 6.07. The summed E-state index contributed by atoms with van der Waals surface area (Å²) in [6.45, 7) is 0. The van der Waals surface area contributed by atoms with Gasteiger partial charge in [0, 0.05) is 23.0 Å². The van der Waals surface area contributed by atoms with E-state index in [1.165, 1.54) is 6.08 Å². The Morgan fingerprint density at radius 2 is 2.04 bits per heavy atom. The van der Waals surface area contributed by atoms with Gasteiger partial charge in [0.05, 0.1) is 7.11 Å². The van der Waals surface area contributed by atoms with Gasteiger partial charge in [0.1, 0.15) is 11.2 Å². The van der Waals surface area contributed by atoms with E-state index in [-0.39, 0.29) is 24.0 Å². The Kier molecular flexibility index (Phi) is 3.65. The number of allylic oxidation sites excluding steroid dienone is 1. The third-order valence-electron chi connectivity index (χ3n) is 5.03. The number of carbonyl (C=O) groups is 2. The first kappa shape index (κ1) is 15.9. The van der Waals surface area contributed by atoms with Crippen molar-refractivity contribution in [3.05, 3.63) is 70.8 Å². The highest BCUT2D eigenvalue weighted by atomic mass is 35.5. The van der Waals surface area contributed by atoms with Crippen molar-refractivity contribution in [1.82, 2.24) is 0 Å². The number of fused-ring (bicyclic) bond motifs is 2. The molecule has 1 N–H and O–H groups in total. The van der Waals surface area contributed by atoms with Crippen LogP contribution in [0.3, 0.4) is 0 Å². The summed E-state index contributed by atoms with van der Waals surface area (Å²) in [5, 5.41) is 3.48. The zero-order valence-corrected chi connectivity index (χ0v) is 14.3. The van der Waals surface area contributed by atoms with E-state index in [1.54, 1.807) is 25.3 Å². The lowest BCUT2D eigenvalue weighted by atomic mass is 9.64. The minimum absolute atomic E-state index is 0.00802. The molecule has 0 aromatic heterocycles. The molecule has 1 spiro atoms. The minimum atomic E-state index is -0.916. The van der Waals surface area contributed by atoms with Crippen LogP contribution >= 0.6 is 11.6 Å². The molecule has 4 rings (SSSR count). The molecule has 126 valence electrons. The van der Waals surface area contributed by atoms with Gasteiger partial charge in [0.25, 0.3) is 0 Å². The SMILES string of the molecule is COc1cccc([C@@H]2CC(=O)C=C[C@@]23C(=O)Nc2cc(Cl)ccc23)c1. The number of anilines is 1. The maximum Gasteiger partial charge on any atom is 0.239 e. The molecule has 1 amide bonds. The maximum absolute atomic E-state index is 13.0. The fraction of sp³-hybridized carbons (Fsp3) is 0.200. The lowest BCUT2D eigenvalue weighted by molar-refractivity contribution is -0.121. The second-order valence-electron chi connectivity index (χ2n) is 6.35. The normalized spacial score (nSPS) is 24.3. The van der Waals surface area contributed by atoms with E-state index in [2.05, 4.69) is 5.32 Å². The molecule has 2 atom stereocenters. The number of ether oxygens (including phenoxy) is 1. The van der Waals surface area contributed by atoms with Crippen LogP contribution in [0.2, 0.25) is 5.02 Å². The van der Waals surface area contributed by atoms with Crippen molar-refractivity contribution in [2.24, 2.45) is 0 Å². The smallest absolute Gasteiger partial charge is 0.239 e. The lowest BCUT2D eigenvalue weighted by Crippen LogP contribution is -2.41. The van der Waals surface area contributed by atoms with Crippen LogP contribution in [0.15, 0.2) is 54.6 Å². The first-order valence-electron chi connectivity index (χ1n) is 8.02. The zero-order valence-electron chi connectivity index (χ0n) is 13.6. The second-order valence-corrected chi connectivity index (χ2v) is 6.78. The quantitative estimate of drug-likeness (QED) is 0.892. The van der Waals surface area contributed by atoms with Crippen LogP contribution in [0.4, 0.5) is 5.69 Å². The molecule has 0 fully saturated rings. The Balaban J connectivity index is 1.93. The third kappa shape index (κ3) is 2.36. The van der Waals surface area contributed by atoms with Crippen LogP contribution in [0.25, 0.3) is 0 Å². The summed E-state index contributed by atoms with van der Waals surface area (Å²) in [5.74, 6) is 0.266. The third-order valence-corrected chi connectivity index (χ3v) is 5.27. The van der Waals surface area contributed by atoms with Crippen molar-refractivity contribution in [3.63, 3.8) is 0 Å². The Labute approximate surface area is 150 Å². The molecule has 1 aliphatic carbocycles. The number of hydrogen-bond donors (Lipinski definition) is 1. The van der Waals surface area contributed by atoms with Crippen LogP contribution in [0.1, 0.15) is 23.5 Å². The summed E-state index contributed by atoms with van der Waals surface area (Å²) in [6.07, 6.45) is 3.51. The molecule has 5 heteroatoms. The first-order valence-corrected chi connectivity index (χ1v) is 8.40. The number of hydrogen-bond acceptors (Lipinski definition) is 3. The molecule has 0 saturated carbocycles. The lowest BCUT2D eigenvalue weighted by Gasteiger charge is -2.36. The molecular weight excluding hydrogens is 338 g/mol. The molecule has 2 aromatic rings. The van der Waals surface area contributed by atoms with E-state index >= 15 is 0 Å². The molecule has 1 aliphatic heterocycles. The van der Waals surface area contributed by atoms with E-state index in [4.69, 9.17) is 16.3 Å². The Morgan fingerprint density at radius 3 is 2.84 bits per heavy atom.